The molecule has 1 fully saturated rings. The Hall–Kier alpha value is -1.35. The van der Waals surface area contributed by atoms with E-state index in [1.54, 1.807) is 0 Å². The molecule has 2 atom stereocenters. The van der Waals surface area contributed by atoms with Crippen molar-refractivity contribution in [3.63, 3.8) is 0 Å². The van der Waals surface area contributed by atoms with Crippen LogP contribution in [0, 0.1) is 5.92 Å². The van der Waals surface area contributed by atoms with Crippen LogP contribution in [0.3, 0.4) is 0 Å². The van der Waals surface area contributed by atoms with Crippen LogP contribution in [0.5, 0.6) is 0 Å². The summed E-state index contributed by atoms with van der Waals surface area (Å²) >= 11 is 0. The summed E-state index contributed by atoms with van der Waals surface area (Å²) in [6, 6.07) is 8.03. The Kier molecular flexibility index (Phi) is 5.18. The van der Waals surface area contributed by atoms with Gasteiger partial charge in [0.1, 0.15) is 0 Å². The summed E-state index contributed by atoms with van der Waals surface area (Å²) < 4.78 is 0. The lowest BCUT2D eigenvalue weighted by molar-refractivity contribution is -0.119. The van der Waals surface area contributed by atoms with Crippen molar-refractivity contribution in [3.8, 4) is 0 Å². The van der Waals surface area contributed by atoms with E-state index in [1.807, 2.05) is 18.2 Å². The van der Waals surface area contributed by atoms with E-state index in [0.717, 1.165) is 25.1 Å². The number of hydrogen-bond acceptors (Lipinski definition) is 2. The van der Waals surface area contributed by atoms with Crippen molar-refractivity contribution < 1.29 is 4.79 Å². The van der Waals surface area contributed by atoms with E-state index in [-0.39, 0.29) is 11.9 Å². The third kappa shape index (κ3) is 3.60. The van der Waals surface area contributed by atoms with Crippen LogP contribution in [0.4, 0.5) is 5.69 Å². The van der Waals surface area contributed by atoms with Gasteiger partial charge in [0, 0.05) is 5.69 Å². The Balaban J connectivity index is 2.04. The van der Waals surface area contributed by atoms with Crippen LogP contribution in [0.25, 0.3) is 0 Å². The fourth-order valence-electron chi connectivity index (χ4n) is 2.90. The first-order valence-corrected chi connectivity index (χ1v) is 7.75. The average Bonchev–Trinajstić information content (AvgIpc) is 2.47. The summed E-state index contributed by atoms with van der Waals surface area (Å²) in [5.41, 5.74) is 2.15. The van der Waals surface area contributed by atoms with Gasteiger partial charge in [-0.05, 0) is 42.9 Å². The van der Waals surface area contributed by atoms with Crippen LogP contribution >= 0.6 is 0 Å². The minimum absolute atomic E-state index is 0.0473. The number of para-hydroxylation sites is 1. The number of hydrogen-bond donors (Lipinski definition) is 2. The lowest BCUT2D eigenvalue weighted by Gasteiger charge is -2.29. The normalized spacial score (nSPS) is 22.8. The highest BCUT2D eigenvalue weighted by molar-refractivity contribution is 5.95. The van der Waals surface area contributed by atoms with E-state index in [2.05, 4.69) is 37.5 Å². The lowest BCUT2D eigenvalue weighted by Crippen LogP contribution is -2.46. The fraction of sp³-hybridized carbons (Fsp3) is 0.588. The molecule has 0 radical (unpaired) electrons. The highest BCUT2D eigenvalue weighted by Crippen LogP contribution is 2.25. The molecule has 2 rings (SSSR count). The molecule has 1 saturated heterocycles. The standard InChI is InChI=1S/C17H26N2O/c1-4-13-9-10-18-16(11-13)17(20)19-15-8-6-5-7-14(15)12(2)3/h5-8,12-13,16,18H,4,9-11H2,1-3H3,(H,19,20). The molecule has 110 valence electrons. The third-order valence-corrected chi connectivity index (χ3v) is 4.25. The predicted molar refractivity (Wildman–Crippen MR) is 84.0 cm³/mol. The van der Waals surface area contributed by atoms with Crippen molar-refractivity contribution in [1.29, 1.82) is 0 Å². The minimum Gasteiger partial charge on any atom is -0.324 e. The second kappa shape index (κ2) is 6.89. The first-order valence-electron chi connectivity index (χ1n) is 7.75. The van der Waals surface area contributed by atoms with Gasteiger partial charge in [-0.2, -0.15) is 0 Å². The van der Waals surface area contributed by atoms with Crippen molar-refractivity contribution in [3.05, 3.63) is 29.8 Å². The van der Waals surface area contributed by atoms with Crippen molar-refractivity contribution in [2.24, 2.45) is 5.92 Å². The molecule has 3 heteroatoms. The van der Waals surface area contributed by atoms with Crippen LogP contribution in [0.1, 0.15) is 51.5 Å². The van der Waals surface area contributed by atoms with E-state index in [4.69, 9.17) is 0 Å². The molecule has 3 nitrogen and oxygen atoms in total. The Bertz CT molecular complexity index is 456. The van der Waals surface area contributed by atoms with Gasteiger partial charge in [-0.1, -0.05) is 45.4 Å². The van der Waals surface area contributed by atoms with Gasteiger partial charge in [-0.3, -0.25) is 4.79 Å². The highest BCUT2D eigenvalue weighted by Gasteiger charge is 2.26. The zero-order valence-corrected chi connectivity index (χ0v) is 12.8. The summed E-state index contributed by atoms with van der Waals surface area (Å²) in [6.45, 7) is 7.45. The number of carbonyl (C=O) groups is 1. The van der Waals surface area contributed by atoms with Crippen molar-refractivity contribution in [2.45, 2.75) is 52.0 Å². The number of piperidine rings is 1. The number of benzene rings is 1. The zero-order chi connectivity index (χ0) is 14.5. The van der Waals surface area contributed by atoms with Crippen LogP contribution in [-0.2, 0) is 4.79 Å². The Morgan fingerprint density at radius 2 is 2.15 bits per heavy atom. The van der Waals surface area contributed by atoms with Crippen molar-refractivity contribution >= 4 is 11.6 Å². The fourth-order valence-corrected chi connectivity index (χ4v) is 2.90. The second-order valence-corrected chi connectivity index (χ2v) is 6.04. The van der Waals surface area contributed by atoms with Gasteiger partial charge in [0.05, 0.1) is 6.04 Å². The maximum Gasteiger partial charge on any atom is 0.241 e. The maximum absolute atomic E-state index is 12.4. The largest absolute Gasteiger partial charge is 0.324 e. The van der Waals surface area contributed by atoms with Gasteiger partial charge >= 0.3 is 0 Å². The molecule has 1 heterocycles. The van der Waals surface area contributed by atoms with Gasteiger partial charge in [0.2, 0.25) is 5.91 Å². The van der Waals surface area contributed by atoms with Gasteiger partial charge in [-0.15, -0.1) is 0 Å². The molecule has 1 aliphatic heterocycles. The summed E-state index contributed by atoms with van der Waals surface area (Å²) in [5, 5.41) is 6.44. The van der Waals surface area contributed by atoms with Crippen molar-refractivity contribution in [1.82, 2.24) is 5.32 Å². The van der Waals surface area contributed by atoms with Crippen LogP contribution in [0.15, 0.2) is 24.3 Å². The Morgan fingerprint density at radius 3 is 2.85 bits per heavy atom. The molecule has 0 spiro atoms. The zero-order valence-electron chi connectivity index (χ0n) is 12.8. The molecule has 2 N–H and O–H groups in total. The lowest BCUT2D eigenvalue weighted by atomic mass is 9.90. The molecular weight excluding hydrogens is 248 g/mol. The summed E-state index contributed by atoms with van der Waals surface area (Å²) in [7, 11) is 0. The van der Waals surface area contributed by atoms with Crippen molar-refractivity contribution in [2.75, 3.05) is 11.9 Å². The van der Waals surface area contributed by atoms with Gasteiger partial charge in [0.25, 0.3) is 0 Å². The molecule has 0 saturated carbocycles. The molecule has 1 aromatic carbocycles. The number of amides is 1. The Labute approximate surface area is 122 Å². The summed E-state index contributed by atoms with van der Waals surface area (Å²) in [5.74, 6) is 1.19. The van der Waals surface area contributed by atoms with E-state index < -0.39 is 0 Å². The summed E-state index contributed by atoms with van der Waals surface area (Å²) in [4.78, 5) is 12.4. The van der Waals surface area contributed by atoms with Gasteiger partial charge < -0.3 is 10.6 Å². The summed E-state index contributed by atoms with van der Waals surface area (Å²) in [6.07, 6.45) is 3.29. The first-order chi connectivity index (χ1) is 9.61. The molecule has 1 amide bonds. The molecule has 1 aliphatic rings. The third-order valence-electron chi connectivity index (χ3n) is 4.25. The molecule has 2 unspecified atom stereocenters. The average molecular weight is 274 g/mol. The Morgan fingerprint density at radius 1 is 1.40 bits per heavy atom. The highest BCUT2D eigenvalue weighted by atomic mass is 16.2. The van der Waals surface area contributed by atoms with Crippen LogP contribution in [-0.4, -0.2) is 18.5 Å². The number of rotatable bonds is 4. The smallest absolute Gasteiger partial charge is 0.241 e. The van der Waals surface area contributed by atoms with E-state index in [1.165, 1.54) is 12.0 Å². The topological polar surface area (TPSA) is 41.1 Å². The van der Waals surface area contributed by atoms with Crippen LogP contribution < -0.4 is 10.6 Å². The molecule has 0 bridgehead atoms. The van der Waals surface area contributed by atoms with E-state index in [9.17, 15) is 4.79 Å². The maximum atomic E-state index is 12.4. The first kappa shape index (κ1) is 15.0. The number of anilines is 1. The predicted octanol–water partition coefficient (Wildman–Crippen LogP) is 3.53. The molecule has 1 aromatic rings. The SMILES string of the molecule is CCC1CCNC(C(=O)Nc2ccccc2C(C)C)C1. The molecular formula is C17H26N2O. The molecule has 0 aliphatic carbocycles. The molecule has 20 heavy (non-hydrogen) atoms. The quantitative estimate of drug-likeness (QED) is 0.882. The van der Waals surface area contributed by atoms with Crippen LogP contribution in [0.2, 0.25) is 0 Å². The van der Waals surface area contributed by atoms with Gasteiger partial charge in [-0.25, -0.2) is 0 Å². The monoisotopic (exact) mass is 274 g/mol. The number of carbonyl (C=O) groups excluding carboxylic acids is 1. The van der Waals surface area contributed by atoms with E-state index >= 15 is 0 Å². The minimum atomic E-state index is -0.0473. The van der Waals surface area contributed by atoms with Gasteiger partial charge in [0.15, 0.2) is 0 Å². The number of nitrogens with one attached hydrogen (secondary N) is 2. The second-order valence-electron chi connectivity index (χ2n) is 6.04. The molecule has 0 aromatic heterocycles. The van der Waals surface area contributed by atoms with E-state index in [0.29, 0.717) is 11.8 Å².